The Morgan fingerprint density at radius 3 is 3.11 bits per heavy atom. The van der Waals surface area contributed by atoms with Crippen LogP contribution in [0.3, 0.4) is 0 Å². The van der Waals surface area contributed by atoms with Crippen LogP contribution in [0, 0.1) is 11.8 Å². The molecule has 1 aliphatic carbocycles. The Labute approximate surface area is 113 Å². The van der Waals surface area contributed by atoms with E-state index in [1.165, 1.54) is 25.7 Å². The summed E-state index contributed by atoms with van der Waals surface area (Å²) in [4.78, 5) is 8.79. The largest absolute Gasteiger partial charge is 0.388 e. The van der Waals surface area contributed by atoms with Gasteiger partial charge in [-0.1, -0.05) is 32.0 Å². The maximum absolute atomic E-state index is 5.55. The lowest BCUT2D eigenvalue weighted by molar-refractivity contribution is 0.293. The predicted octanol–water partition coefficient (Wildman–Crippen LogP) is 2.35. The first-order chi connectivity index (χ1) is 8.65. The van der Waals surface area contributed by atoms with Crippen LogP contribution in [0.1, 0.15) is 38.3 Å². The second-order valence-electron chi connectivity index (χ2n) is 5.15. The molecular weight excluding hydrogens is 244 g/mol. The van der Waals surface area contributed by atoms with Crippen LogP contribution in [-0.4, -0.2) is 21.5 Å². The van der Waals surface area contributed by atoms with Crippen molar-refractivity contribution < 1.29 is 0 Å². The molecule has 0 amide bonds. The molecule has 1 aromatic heterocycles. The normalized spacial score (nSPS) is 23.6. The Bertz CT molecular complexity index is 421. The maximum atomic E-state index is 5.55. The minimum absolute atomic E-state index is 0.312. The molecule has 18 heavy (non-hydrogen) atoms. The van der Waals surface area contributed by atoms with Gasteiger partial charge in [-0.2, -0.15) is 0 Å². The minimum atomic E-state index is 0.312. The lowest BCUT2D eigenvalue weighted by atomic mass is 9.82. The average molecular weight is 264 g/mol. The van der Waals surface area contributed by atoms with Gasteiger partial charge < -0.3 is 11.1 Å². The first kappa shape index (κ1) is 13.2. The van der Waals surface area contributed by atoms with Crippen LogP contribution in [0.25, 0.3) is 0 Å². The summed E-state index contributed by atoms with van der Waals surface area (Å²) in [5.74, 6) is 2.19. The van der Waals surface area contributed by atoms with Gasteiger partial charge in [0.1, 0.15) is 10.7 Å². The van der Waals surface area contributed by atoms with Crippen molar-refractivity contribution in [1.29, 1.82) is 0 Å². The molecule has 2 unspecified atom stereocenters. The van der Waals surface area contributed by atoms with E-state index in [1.54, 1.807) is 12.3 Å². The highest BCUT2D eigenvalue weighted by Gasteiger charge is 2.18. The summed E-state index contributed by atoms with van der Waals surface area (Å²) in [6.07, 6.45) is 6.98. The minimum Gasteiger partial charge on any atom is -0.388 e. The van der Waals surface area contributed by atoms with Crippen LogP contribution in [0.5, 0.6) is 0 Å². The van der Waals surface area contributed by atoms with E-state index in [0.29, 0.717) is 16.6 Å². The van der Waals surface area contributed by atoms with Crippen LogP contribution < -0.4 is 11.1 Å². The third-order valence-corrected chi connectivity index (χ3v) is 3.71. The quantitative estimate of drug-likeness (QED) is 0.817. The van der Waals surface area contributed by atoms with Gasteiger partial charge in [0.15, 0.2) is 0 Å². The lowest BCUT2D eigenvalue weighted by Gasteiger charge is -2.26. The maximum Gasteiger partial charge on any atom is 0.223 e. The summed E-state index contributed by atoms with van der Waals surface area (Å²) in [5, 5.41) is 3.29. The van der Waals surface area contributed by atoms with E-state index in [-0.39, 0.29) is 0 Å². The first-order valence-electron chi connectivity index (χ1n) is 6.52. The fraction of sp³-hybridized carbons (Fsp3) is 0.615. The predicted molar refractivity (Wildman–Crippen MR) is 77.5 cm³/mol. The van der Waals surface area contributed by atoms with E-state index in [0.717, 1.165) is 18.4 Å². The summed E-state index contributed by atoms with van der Waals surface area (Å²) < 4.78 is 0. The number of nitrogens with two attached hydrogens (primary N) is 1. The smallest absolute Gasteiger partial charge is 0.223 e. The molecule has 98 valence electrons. The van der Waals surface area contributed by atoms with Crippen LogP contribution in [0.4, 0.5) is 5.95 Å². The SMILES string of the molecule is CC1CCCC(CNc2nccc(C(N)=S)n2)C1. The zero-order chi connectivity index (χ0) is 13.0. The Kier molecular flexibility index (Phi) is 4.47. The number of hydrogen-bond acceptors (Lipinski definition) is 4. The van der Waals surface area contributed by atoms with Gasteiger partial charge in [-0.25, -0.2) is 9.97 Å². The van der Waals surface area contributed by atoms with Crippen molar-refractivity contribution >= 4 is 23.2 Å². The molecule has 2 rings (SSSR count). The molecule has 1 aromatic rings. The van der Waals surface area contributed by atoms with Gasteiger partial charge in [0.05, 0.1) is 0 Å². The lowest BCUT2D eigenvalue weighted by Crippen LogP contribution is -2.22. The molecule has 1 saturated carbocycles. The van der Waals surface area contributed by atoms with Crippen LogP contribution >= 0.6 is 12.2 Å². The Morgan fingerprint density at radius 1 is 1.56 bits per heavy atom. The number of nitrogens with one attached hydrogen (secondary N) is 1. The molecule has 0 aromatic carbocycles. The number of nitrogens with zero attached hydrogens (tertiary/aromatic N) is 2. The molecule has 5 heteroatoms. The van der Waals surface area contributed by atoms with Gasteiger partial charge in [0.25, 0.3) is 0 Å². The van der Waals surface area contributed by atoms with Gasteiger partial charge in [-0.3, -0.25) is 0 Å². The highest BCUT2D eigenvalue weighted by atomic mass is 32.1. The van der Waals surface area contributed by atoms with Gasteiger partial charge in [0, 0.05) is 12.7 Å². The van der Waals surface area contributed by atoms with E-state index < -0.39 is 0 Å². The highest BCUT2D eigenvalue weighted by Crippen LogP contribution is 2.28. The van der Waals surface area contributed by atoms with Gasteiger partial charge in [0.2, 0.25) is 5.95 Å². The second-order valence-corrected chi connectivity index (χ2v) is 5.59. The zero-order valence-electron chi connectivity index (χ0n) is 10.7. The van der Waals surface area contributed by atoms with Crippen molar-refractivity contribution in [2.45, 2.75) is 32.6 Å². The fourth-order valence-electron chi connectivity index (χ4n) is 2.56. The van der Waals surface area contributed by atoms with E-state index in [9.17, 15) is 0 Å². The summed E-state index contributed by atoms with van der Waals surface area (Å²) in [5.41, 5.74) is 6.18. The molecule has 4 nitrogen and oxygen atoms in total. The van der Waals surface area contributed by atoms with Crippen molar-refractivity contribution in [1.82, 2.24) is 9.97 Å². The summed E-state index contributed by atoms with van der Waals surface area (Å²) in [6, 6.07) is 1.73. The zero-order valence-corrected chi connectivity index (χ0v) is 11.5. The third kappa shape index (κ3) is 3.63. The van der Waals surface area contributed by atoms with Crippen molar-refractivity contribution in [2.24, 2.45) is 17.6 Å². The molecule has 1 fully saturated rings. The monoisotopic (exact) mass is 264 g/mol. The molecule has 0 radical (unpaired) electrons. The number of anilines is 1. The van der Waals surface area contributed by atoms with E-state index in [1.807, 2.05) is 0 Å². The molecule has 0 bridgehead atoms. The summed E-state index contributed by atoms with van der Waals surface area (Å²) in [6.45, 7) is 3.27. The topological polar surface area (TPSA) is 63.8 Å². The fourth-order valence-corrected chi connectivity index (χ4v) is 2.68. The number of rotatable bonds is 4. The van der Waals surface area contributed by atoms with Gasteiger partial charge >= 0.3 is 0 Å². The van der Waals surface area contributed by atoms with Crippen molar-refractivity contribution in [3.8, 4) is 0 Å². The Hall–Kier alpha value is -1.23. The molecule has 1 aliphatic rings. The molecule has 1 heterocycles. The first-order valence-corrected chi connectivity index (χ1v) is 6.92. The van der Waals surface area contributed by atoms with Crippen LogP contribution in [0.2, 0.25) is 0 Å². The Balaban J connectivity index is 1.89. The second kappa shape index (κ2) is 6.09. The molecule has 0 spiro atoms. The van der Waals surface area contributed by atoms with Gasteiger partial charge in [-0.05, 0) is 30.7 Å². The van der Waals surface area contributed by atoms with Crippen molar-refractivity contribution in [2.75, 3.05) is 11.9 Å². The van der Waals surface area contributed by atoms with Crippen molar-refractivity contribution in [3.63, 3.8) is 0 Å². The summed E-state index contributed by atoms with van der Waals surface area (Å²) >= 11 is 4.91. The number of aromatic nitrogens is 2. The molecular formula is C13H20N4S. The van der Waals surface area contributed by atoms with Crippen LogP contribution in [0.15, 0.2) is 12.3 Å². The number of hydrogen-bond donors (Lipinski definition) is 2. The molecule has 2 atom stereocenters. The Morgan fingerprint density at radius 2 is 2.39 bits per heavy atom. The third-order valence-electron chi connectivity index (χ3n) is 3.50. The highest BCUT2D eigenvalue weighted by molar-refractivity contribution is 7.80. The summed E-state index contributed by atoms with van der Waals surface area (Å²) in [7, 11) is 0. The number of thiocarbonyl (C=S) groups is 1. The van der Waals surface area contributed by atoms with E-state index >= 15 is 0 Å². The van der Waals surface area contributed by atoms with E-state index in [4.69, 9.17) is 18.0 Å². The molecule has 0 saturated heterocycles. The molecule has 3 N–H and O–H groups in total. The average Bonchev–Trinajstić information content (AvgIpc) is 2.37. The van der Waals surface area contributed by atoms with Gasteiger partial charge in [-0.15, -0.1) is 0 Å². The van der Waals surface area contributed by atoms with Crippen molar-refractivity contribution in [3.05, 3.63) is 18.0 Å². The van der Waals surface area contributed by atoms with Crippen LogP contribution in [-0.2, 0) is 0 Å². The standard InChI is InChI=1S/C13H20N4S/c1-9-3-2-4-10(7-9)8-16-13-15-6-5-11(17-13)12(14)18/h5-6,9-10H,2-4,7-8H2,1H3,(H2,14,18)(H,15,16,17). The van der Waals surface area contributed by atoms with E-state index in [2.05, 4.69) is 22.2 Å². The molecule has 0 aliphatic heterocycles.